The molecule has 0 atom stereocenters. The summed E-state index contributed by atoms with van der Waals surface area (Å²) in [5.41, 5.74) is 2.32. The third-order valence-corrected chi connectivity index (χ3v) is 3.50. The van der Waals surface area contributed by atoms with E-state index in [-0.39, 0.29) is 0 Å². The minimum Gasteiger partial charge on any atom is -0.454 e. The van der Waals surface area contributed by atoms with Crippen molar-refractivity contribution >= 4 is 17.6 Å². The lowest BCUT2D eigenvalue weighted by Gasteiger charge is -2.13. The highest BCUT2D eigenvalue weighted by Crippen LogP contribution is 2.21. The molecule has 2 aromatic rings. The van der Waals surface area contributed by atoms with E-state index >= 15 is 0 Å². The average Bonchev–Trinajstić information content (AvgIpc) is 2.51. The van der Waals surface area contributed by atoms with Gasteiger partial charge in [-0.2, -0.15) is 0 Å². The van der Waals surface area contributed by atoms with Gasteiger partial charge >= 0.3 is 11.7 Å². The van der Waals surface area contributed by atoms with Gasteiger partial charge in [-0.1, -0.05) is 17.7 Å². The van der Waals surface area contributed by atoms with Crippen LogP contribution < -0.4 is 16.6 Å². The summed E-state index contributed by atoms with van der Waals surface area (Å²) in [4.78, 5) is 48.2. The molecule has 0 spiro atoms. The molecule has 0 bridgehead atoms. The molecular weight excluding hydrogens is 326 g/mol. The lowest BCUT2D eigenvalue weighted by Crippen LogP contribution is -2.32. The predicted octanol–water partition coefficient (Wildman–Crippen LogP) is 0.644. The number of carbonyl (C=O) groups is 2. The number of aromatic amines is 1. The van der Waals surface area contributed by atoms with Gasteiger partial charge in [0.05, 0.1) is 0 Å². The first-order valence-electron chi connectivity index (χ1n) is 7.59. The maximum atomic E-state index is 12.0. The number of carbonyl (C=O) groups excluding carboxylic acids is 2. The normalized spacial score (nSPS) is 10.4. The van der Waals surface area contributed by atoms with E-state index < -0.39 is 36.3 Å². The number of H-pyrrole nitrogens is 1. The van der Waals surface area contributed by atoms with Crippen LogP contribution in [0.5, 0.6) is 0 Å². The van der Waals surface area contributed by atoms with Crippen molar-refractivity contribution < 1.29 is 14.3 Å². The van der Waals surface area contributed by atoms with E-state index in [0.717, 1.165) is 27.3 Å². The summed E-state index contributed by atoms with van der Waals surface area (Å²) in [6, 6.07) is 5.00. The zero-order valence-electron chi connectivity index (χ0n) is 14.2. The molecule has 0 unspecified atom stereocenters. The Hall–Kier alpha value is -3.16. The first-order valence-corrected chi connectivity index (χ1v) is 7.59. The number of anilines is 1. The van der Waals surface area contributed by atoms with Crippen LogP contribution in [0.15, 0.2) is 34.0 Å². The molecule has 132 valence electrons. The van der Waals surface area contributed by atoms with E-state index in [1.165, 1.54) is 6.20 Å². The van der Waals surface area contributed by atoms with Crippen LogP contribution in [0.4, 0.5) is 5.69 Å². The molecule has 1 aromatic carbocycles. The van der Waals surface area contributed by atoms with Gasteiger partial charge in [0.25, 0.3) is 11.5 Å². The number of amides is 1. The van der Waals surface area contributed by atoms with E-state index in [1.54, 1.807) is 0 Å². The topological polar surface area (TPSA) is 110 Å². The molecule has 2 N–H and O–H groups in total. The second-order valence-corrected chi connectivity index (χ2v) is 5.72. The first kappa shape index (κ1) is 18.2. The van der Waals surface area contributed by atoms with Gasteiger partial charge in [0.2, 0.25) is 0 Å². The molecule has 0 fully saturated rings. The van der Waals surface area contributed by atoms with Crippen LogP contribution in [-0.2, 0) is 20.9 Å². The number of rotatable bonds is 5. The number of hydrogen-bond donors (Lipinski definition) is 2. The number of ether oxygens (including phenoxy) is 1. The molecule has 0 saturated heterocycles. The zero-order valence-corrected chi connectivity index (χ0v) is 14.2. The fraction of sp³-hybridized carbons (Fsp3) is 0.294. The van der Waals surface area contributed by atoms with Gasteiger partial charge in [-0.05, 0) is 31.9 Å². The van der Waals surface area contributed by atoms with Crippen LogP contribution in [0.2, 0.25) is 0 Å². The molecule has 0 aliphatic heterocycles. The molecule has 0 radical (unpaired) electrons. The van der Waals surface area contributed by atoms with Crippen molar-refractivity contribution in [2.24, 2.45) is 0 Å². The fourth-order valence-electron chi connectivity index (χ4n) is 2.45. The summed E-state index contributed by atoms with van der Waals surface area (Å²) in [7, 11) is 0. The van der Waals surface area contributed by atoms with E-state index in [1.807, 2.05) is 37.9 Å². The van der Waals surface area contributed by atoms with E-state index in [4.69, 9.17) is 4.74 Å². The van der Waals surface area contributed by atoms with Crippen molar-refractivity contribution in [2.45, 2.75) is 27.3 Å². The van der Waals surface area contributed by atoms with Crippen molar-refractivity contribution in [2.75, 3.05) is 11.9 Å². The van der Waals surface area contributed by atoms with Gasteiger partial charge in [-0.25, -0.2) is 4.79 Å². The van der Waals surface area contributed by atoms with Crippen molar-refractivity contribution in [3.8, 4) is 0 Å². The molecule has 2 rings (SSSR count). The molecule has 25 heavy (non-hydrogen) atoms. The Morgan fingerprint density at radius 1 is 1.16 bits per heavy atom. The lowest BCUT2D eigenvalue weighted by molar-refractivity contribution is -0.148. The van der Waals surface area contributed by atoms with Crippen molar-refractivity contribution in [1.82, 2.24) is 9.55 Å². The lowest BCUT2D eigenvalue weighted by atomic mass is 10.1. The van der Waals surface area contributed by atoms with Crippen LogP contribution in [0.1, 0.15) is 16.7 Å². The third-order valence-electron chi connectivity index (χ3n) is 3.50. The van der Waals surface area contributed by atoms with Crippen LogP contribution >= 0.6 is 0 Å². The second-order valence-electron chi connectivity index (χ2n) is 5.72. The Balaban J connectivity index is 1.93. The molecule has 1 heterocycles. The summed E-state index contributed by atoms with van der Waals surface area (Å²) in [5.74, 6) is -1.24. The second kappa shape index (κ2) is 7.61. The third kappa shape index (κ3) is 4.90. The maximum Gasteiger partial charge on any atom is 0.328 e. The molecule has 1 aromatic heterocycles. The number of aryl methyl sites for hydroxylation is 3. The number of benzene rings is 1. The standard InChI is InChI=1S/C17H19N3O5/c1-10-6-11(2)16(12(3)7-10)18-14(22)9-25-15(23)8-20-5-4-13(21)19-17(20)24/h4-7H,8-9H2,1-3H3,(H,18,22)(H,19,21,24). The molecule has 0 aliphatic carbocycles. The van der Waals surface area contributed by atoms with Crippen LogP contribution in [0.25, 0.3) is 0 Å². The smallest absolute Gasteiger partial charge is 0.328 e. The average molecular weight is 345 g/mol. The zero-order chi connectivity index (χ0) is 18.6. The van der Waals surface area contributed by atoms with E-state index in [9.17, 15) is 19.2 Å². The van der Waals surface area contributed by atoms with Gasteiger partial charge < -0.3 is 10.1 Å². The summed E-state index contributed by atoms with van der Waals surface area (Å²) in [6.45, 7) is 4.86. The summed E-state index contributed by atoms with van der Waals surface area (Å²) in [5, 5.41) is 2.71. The predicted molar refractivity (Wildman–Crippen MR) is 91.6 cm³/mol. The van der Waals surface area contributed by atoms with E-state index in [0.29, 0.717) is 5.69 Å². The highest BCUT2D eigenvalue weighted by molar-refractivity contribution is 5.94. The Morgan fingerprint density at radius 2 is 1.80 bits per heavy atom. The van der Waals surface area contributed by atoms with Crippen molar-refractivity contribution in [1.29, 1.82) is 0 Å². The summed E-state index contributed by atoms with van der Waals surface area (Å²) < 4.78 is 5.85. The van der Waals surface area contributed by atoms with Gasteiger partial charge in [-0.3, -0.25) is 23.9 Å². The van der Waals surface area contributed by atoms with Gasteiger partial charge in [0.15, 0.2) is 6.61 Å². The monoisotopic (exact) mass is 345 g/mol. The summed E-state index contributed by atoms with van der Waals surface area (Å²) in [6.07, 6.45) is 1.18. The van der Waals surface area contributed by atoms with Crippen LogP contribution in [0.3, 0.4) is 0 Å². The van der Waals surface area contributed by atoms with Crippen LogP contribution in [0, 0.1) is 20.8 Å². The summed E-state index contributed by atoms with van der Waals surface area (Å²) >= 11 is 0. The quantitative estimate of drug-likeness (QED) is 0.773. The Morgan fingerprint density at radius 3 is 2.40 bits per heavy atom. The first-order chi connectivity index (χ1) is 11.8. The molecule has 0 saturated carbocycles. The minimum atomic E-state index is -0.762. The number of esters is 1. The van der Waals surface area contributed by atoms with E-state index in [2.05, 4.69) is 5.32 Å². The number of nitrogens with zero attached hydrogens (tertiary/aromatic N) is 1. The molecule has 1 amide bonds. The Kier molecular flexibility index (Phi) is 5.53. The van der Waals surface area contributed by atoms with Crippen molar-refractivity contribution in [3.63, 3.8) is 0 Å². The van der Waals surface area contributed by atoms with Gasteiger partial charge in [-0.15, -0.1) is 0 Å². The van der Waals surface area contributed by atoms with Crippen molar-refractivity contribution in [3.05, 3.63) is 61.9 Å². The maximum absolute atomic E-state index is 12.0. The molecule has 8 nitrogen and oxygen atoms in total. The fourth-order valence-corrected chi connectivity index (χ4v) is 2.45. The molecular formula is C17H19N3O5. The Labute approximate surface area is 143 Å². The molecule has 0 aliphatic rings. The largest absolute Gasteiger partial charge is 0.454 e. The number of nitrogens with one attached hydrogen (secondary N) is 2. The van der Waals surface area contributed by atoms with Gasteiger partial charge in [0, 0.05) is 18.0 Å². The Bertz CT molecular complexity index is 903. The highest BCUT2D eigenvalue weighted by Gasteiger charge is 2.12. The number of aromatic nitrogens is 2. The SMILES string of the molecule is Cc1cc(C)c(NC(=O)COC(=O)Cn2ccc(=O)[nH]c2=O)c(C)c1. The number of hydrogen-bond acceptors (Lipinski definition) is 5. The van der Waals surface area contributed by atoms with Gasteiger partial charge in [0.1, 0.15) is 6.54 Å². The van der Waals surface area contributed by atoms with Crippen LogP contribution in [-0.4, -0.2) is 28.0 Å². The highest BCUT2D eigenvalue weighted by atomic mass is 16.5. The molecule has 8 heteroatoms. The minimum absolute atomic E-state index is 0.397.